The molecule has 0 amide bonds. The van der Waals surface area contributed by atoms with Crippen molar-refractivity contribution in [2.24, 2.45) is 5.92 Å². The molecule has 6 fully saturated rings. The molecule has 12 aromatic rings. The number of benzene rings is 4. The molecule has 2 saturated heterocycles. The van der Waals surface area contributed by atoms with E-state index in [2.05, 4.69) is 150 Å². The van der Waals surface area contributed by atoms with E-state index in [1.54, 1.807) is 30.3 Å². The van der Waals surface area contributed by atoms with Crippen LogP contribution in [0.2, 0.25) is 15.1 Å². The van der Waals surface area contributed by atoms with Gasteiger partial charge in [0.15, 0.2) is 23.3 Å². The van der Waals surface area contributed by atoms with Crippen LogP contribution < -0.4 is 42.5 Å². The number of rotatable bonds is 29. The van der Waals surface area contributed by atoms with Gasteiger partial charge >= 0.3 is 0 Å². The average molecular weight is 1620 g/mol. The summed E-state index contributed by atoms with van der Waals surface area (Å²) in [6.07, 6.45) is 13.4. The first-order valence-electron chi connectivity index (χ1n) is 39.2. The van der Waals surface area contributed by atoms with Crippen molar-refractivity contribution < 1.29 is 18.3 Å². The first-order chi connectivity index (χ1) is 55.9. The van der Waals surface area contributed by atoms with Gasteiger partial charge < -0.3 is 52.0 Å². The molecular weight excluding hydrogens is 1530 g/mol. The predicted molar refractivity (Wildman–Crippen MR) is 438 cm³/mol. The molecule has 35 heteroatoms. The molecule has 4 unspecified atom stereocenters. The number of hydrogen-bond donors (Lipinski definition) is 12. The number of ether oxygens (including phenoxy) is 2. The summed E-state index contributed by atoms with van der Waals surface area (Å²) in [5, 5.41) is 57.6. The minimum absolute atomic E-state index is 0.0362. The van der Waals surface area contributed by atoms with E-state index in [-0.39, 0.29) is 35.7 Å². The number of anilines is 12. The second-order valence-electron chi connectivity index (χ2n) is 29.4. The first-order valence-corrected chi connectivity index (χ1v) is 40.3. The van der Waals surface area contributed by atoms with Crippen LogP contribution in [0.3, 0.4) is 0 Å². The Kier molecular flexibility index (Phi) is 24.8. The smallest absolute Gasteiger partial charge is 0.233 e. The van der Waals surface area contributed by atoms with Crippen molar-refractivity contribution in [1.82, 2.24) is 101 Å². The molecule has 0 radical (unpaired) electrons. The number of halogens is 5. The third-order valence-corrected chi connectivity index (χ3v) is 21.1. The maximum Gasteiger partial charge on any atom is 0.233 e. The van der Waals surface area contributed by atoms with Crippen molar-refractivity contribution in [3.63, 3.8) is 0 Å². The zero-order valence-corrected chi connectivity index (χ0v) is 66.7. The van der Waals surface area contributed by atoms with Gasteiger partial charge in [-0.1, -0.05) is 105 Å². The van der Waals surface area contributed by atoms with Gasteiger partial charge in [-0.3, -0.25) is 20.4 Å². The Bertz CT molecular complexity index is 5240. The summed E-state index contributed by atoms with van der Waals surface area (Å²) in [4.78, 5) is 54.1. The maximum atomic E-state index is 13.5. The van der Waals surface area contributed by atoms with Crippen molar-refractivity contribution in [2.45, 2.75) is 172 Å². The molecule has 0 spiro atoms. The Morgan fingerprint density at radius 1 is 0.409 bits per heavy atom. The monoisotopic (exact) mass is 1620 g/mol. The van der Waals surface area contributed by atoms with E-state index in [0.29, 0.717) is 155 Å². The number of H-pyrrole nitrogens is 4. The zero-order chi connectivity index (χ0) is 79.5. The van der Waals surface area contributed by atoms with Gasteiger partial charge in [-0.2, -0.15) is 80.2 Å². The number of aryl methyl sites for hydroxylation is 4. The van der Waals surface area contributed by atoms with E-state index in [9.17, 15) is 8.78 Å². The minimum Gasteiger partial charge on any atom is -0.381 e. The Morgan fingerprint density at radius 3 is 1.17 bits per heavy atom. The number of aromatic amines is 4. The molecule has 4 atom stereocenters. The Labute approximate surface area is 678 Å². The van der Waals surface area contributed by atoms with Gasteiger partial charge in [0.25, 0.3) is 0 Å². The van der Waals surface area contributed by atoms with Crippen LogP contribution in [0, 0.1) is 17.6 Å². The van der Waals surface area contributed by atoms with Crippen molar-refractivity contribution in [2.75, 3.05) is 69.0 Å². The minimum atomic E-state index is -0.483. The molecule has 4 aromatic carbocycles. The Balaban J connectivity index is 0.000000121. The largest absolute Gasteiger partial charge is 0.381 e. The fourth-order valence-electron chi connectivity index (χ4n) is 13.1. The second-order valence-corrected chi connectivity index (χ2v) is 30.7. The molecular formula is C80H91Cl3F2N28O2. The highest BCUT2D eigenvalue weighted by atomic mass is 35.5. The molecule has 115 heavy (non-hydrogen) atoms. The van der Waals surface area contributed by atoms with Gasteiger partial charge in [-0.05, 0) is 142 Å². The van der Waals surface area contributed by atoms with Gasteiger partial charge in [-0.15, -0.1) is 0 Å². The lowest BCUT2D eigenvalue weighted by atomic mass is 9.88. The van der Waals surface area contributed by atoms with Crippen molar-refractivity contribution in [3.8, 4) is 0 Å². The Morgan fingerprint density at radius 2 is 0.783 bits per heavy atom. The summed E-state index contributed by atoms with van der Waals surface area (Å²) in [5.74, 6) is 11.5. The summed E-state index contributed by atoms with van der Waals surface area (Å²) < 4.78 is 37.9. The molecule has 12 N–H and O–H groups in total. The normalized spacial score (nSPS) is 16.7. The van der Waals surface area contributed by atoms with Crippen LogP contribution in [0.25, 0.3) is 0 Å². The van der Waals surface area contributed by atoms with E-state index in [0.717, 1.165) is 81.1 Å². The van der Waals surface area contributed by atoms with Crippen molar-refractivity contribution in [1.29, 1.82) is 0 Å². The molecule has 30 nitrogen and oxygen atoms in total. The van der Waals surface area contributed by atoms with Gasteiger partial charge in [0, 0.05) is 124 Å². The first kappa shape index (κ1) is 79.1. The molecule has 18 rings (SSSR count). The standard InChI is InChI=1S/C22H26FN7O.C20H22FN7O.C19H21Cl2N7.C19H22ClN7/c1-2-18-24-21(26-19-11-17(29-30-19)13-3-4-13)28-22(25-18)27-20(15-9-10-31-12-15)14-5-7-16(23)8-6-14;1-2-16-22-18(24-17-9-15(27-28-17)12-3-4-12)25-19(23-16)26-20(10-29-11-20)13-5-7-14(21)8-6-13;1-3-16-23-18(22-10(2)13-7-6-12(20)8-14(13)21)26-19(24-16)25-17-9-15(27-28-17)11-4-5-11;1-3-16-22-18(21-11(2)12-6-8-14(20)9-7-12)25-19(23-16)24-17-10-15(26-27-17)13-4-5-13/h5-8,11,13,15,20H,2-4,9-10,12H2,1H3,(H3,24,25,26,27,28,29,30);5-9,12H,2-4,10-11H2,1H3,(H3,22,23,24,25,26,27,28);6-11H,3-5H2,1-2H3,(H3,22,23,24,25,26,27,28);6-11,13H,3-5H2,1-2H3,(H3,21,22,23,24,25,26,27). The molecule has 4 saturated carbocycles. The van der Waals surface area contributed by atoms with Crippen molar-refractivity contribution >= 4 is 106 Å². The Hall–Kier alpha value is -11.2. The topological polar surface area (TPSA) is 384 Å². The summed E-state index contributed by atoms with van der Waals surface area (Å²) >= 11 is 18.3. The fourth-order valence-corrected chi connectivity index (χ4v) is 13.8. The van der Waals surface area contributed by atoms with Crippen molar-refractivity contribution in [3.05, 3.63) is 210 Å². The quantitative estimate of drug-likeness (QED) is 0.0207. The summed E-state index contributed by atoms with van der Waals surface area (Å²) in [7, 11) is 0. The zero-order valence-electron chi connectivity index (χ0n) is 64.5. The van der Waals surface area contributed by atoms with Gasteiger partial charge in [0.1, 0.15) is 40.5 Å². The number of nitrogens with one attached hydrogen (secondary N) is 12. The maximum absolute atomic E-state index is 13.5. The molecule has 2 aliphatic heterocycles. The van der Waals surface area contributed by atoms with Crippen LogP contribution in [-0.2, 0) is 40.7 Å². The third kappa shape index (κ3) is 21.2. The summed E-state index contributed by atoms with van der Waals surface area (Å²) in [5.41, 5.74) is 8.04. The lowest BCUT2D eigenvalue weighted by Gasteiger charge is -2.42. The summed E-state index contributed by atoms with van der Waals surface area (Å²) in [6.45, 7) is 14.3. The van der Waals surface area contributed by atoms with E-state index in [1.165, 1.54) is 75.6 Å². The van der Waals surface area contributed by atoms with Crippen LogP contribution in [0.4, 0.5) is 79.6 Å². The predicted octanol–water partition coefficient (Wildman–Crippen LogP) is 17.2. The fraction of sp³-hybridized carbons (Fsp3) is 0.400. The van der Waals surface area contributed by atoms with Crippen LogP contribution in [0.15, 0.2) is 115 Å². The molecule has 4 aliphatic carbocycles. The van der Waals surface area contributed by atoms with Crippen LogP contribution in [0.1, 0.15) is 209 Å². The molecule has 6 aliphatic rings. The SMILES string of the molecule is CCc1nc(Nc2cc(C3CC3)[nH]n2)nc(NC(C)c2ccc(Cl)cc2)n1.CCc1nc(Nc2cc(C3CC3)[nH]n2)nc(NC(C)c2ccc(Cl)cc2Cl)n1.CCc1nc(Nc2cc(C3CC3)[nH]n2)nc(NC(c2ccc(F)cc2)C2CCOC2)n1.CCc1nc(Nc2cc(C3CC3)[nH]n2)nc(NC2(c3ccc(F)cc3)COC2)n1. The van der Waals surface area contributed by atoms with Crippen LogP contribution >= 0.6 is 34.8 Å². The third-order valence-electron chi connectivity index (χ3n) is 20.3. The van der Waals surface area contributed by atoms with E-state index in [4.69, 9.17) is 44.3 Å². The van der Waals surface area contributed by atoms with E-state index in [1.807, 2.05) is 95.3 Å². The molecule has 8 aromatic heterocycles. The highest BCUT2D eigenvalue weighted by molar-refractivity contribution is 6.35. The number of nitrogens with zero attached hydrogens (tertiary/aromatic N) is 16. The van der Waals surface area contributed by atoms with E-state index >= 15 is 0 Å². The second kappa shape index (κ2) is 36.1. The molecule has 0 bridgehead atoms. The molecule has 598 valence electrons. The lowest BCUT2D eigenvalue weighted by molar-refractivity contribution is -0.0451. The van der Waals surface area contributed by atoms with Gasteiger partial charge in [0.2, 0.25) is 47.6 Å². The number of aromatic nitrogens is 20. The highest BCUT2D eigenvalue weighted by Gasteiger charge is 2.42. The lowest BCUT2D eigenvalue weighted by Crippen LogP contribution is -2.53. The van der Waals surface area contributed by atoms with Gasteiger partial charge in [-0.25, -0.2) is 8.78 Å². The van der Waals surface area contributed by atoms with E-state index < -0.39 is 5.54 Å². The number of hydrogen-bond acceptors (Lipinski definition) is 26. The average Bonchev–Trinajstić information content (AvgIpc) is 1.10. The molecule has 10 heterocycles. The van der Waals surface area contributed by atoms with Crippen LogP contribution in [0.5, 0.6) is 0 Å². The van der Waals surface area contributed by atoms with Gasteiger partial charge in [0.05, 0.1) is 37.9 Å². The highest BCUT2D eigenvalue weighted by Crippen LogP contribution is 2.43. The van der Waals surface area contributed by atoms with Crippen LogP contribution in [-0.4, -0.2) is 127 Å². The summed E-state index contributed by atoms with van der Waals surface area (Å²) in [6, 6.07) is 34.0.